The Bertz CT molecular complexity index is 844. The van der Waals surface area contributed by atoms with Crippen molar-refractivity contribution in [1.82, 2.24) is 19.5 Å². The van der Waals surface area contributed by atoms with E-state index in [1.165, 1.54) is 6.92 Å². The van der Waals surface area contributed by atoms with E-state index in [2.05, 4.69) is 27.2 Å². The highest BCUT2D eigenvalue weighted by Crippen LogP contribution is 2.23. The highest BCUT2D eigenvalue weighted by atomic mass is 32.2. The number of anilines is 1. The predicted molar refractivity (Wildman–Crippen MR) is 95.3 cm³/mol. The molecule has 0 spiro atoms. The van der Waals surface area contributed by atoms with Crippen LogP contribution in [0.1, 0.15) is 13.8 Å². The maximum atomic E-state index is 11.2. The Labute approximate surface area is 144 Å². The topological polar surface area (TPSA) is 72.7 Å². The molecule has 0 radical (unpaired) electrons. The zero-order valence-electron chi connectivity index (χ0n) is 13.4. The van der Waals surface area contributed by atoms with Gasteiger partial charge in [-0.25, -0.2) is 15.0 Å². The maximum absolute atomic E-state index is 11.2. The summed E-state index contributed by atoms with van der Waals surface area (Å²) in [6.07, 6.45) is 7.16. The summed E-state index contributed by atoms with van der Waals surface area (Å²) in [5.41, 5.74) is 2.48. The minimum absolute atomic E-state index is 0.101. The molecule has 3 aromatic rings. The SMILES string of the molecule is CCSc1ncc(-c2nccn2-c2cccc(NC(C)=O)c2)cn1. The van der Waals surface area contributed by atoms with E-state index in [1.807, 2.05) is 35.0 Å². The average molecular weight is 339 g/mol. The van der Waals surface area contributed by atoms with Crippen molar-refractivity contribution in [2.75, 3.05) is 11.1 Å². The molecule has 0 atom stereocenters. The van der Waals surface area contributed by atoms with Crippen LogP contribution >= 0.6 is 11.8 Å². The van der Waals surface area contributed by atoms with Crippen molar-refractivity contribution >= 4 is 23.4 Å². The molecule has 1 amide bonds. The van der Waals surface area contributed by atoms with Crippen molar-refractivity contribution in [2.45, 2.75) is 19.0 Å². The molecule has 3 rings (SSSR count). The van der Waals surface area contributed by atoms with Gasteiger partial charge in [0, 0.05) is 43.1 Å². The molecule has 2 aromatic heterocycles. The Balaban J connectivity index is 1.94. The molecular weight excluding hydrogens is 322 g/mol. The van der Waals surface area contributed by atoms with E-state index in [0.29, 0.717) is 0 Å². The number of carbonyl (C=O) groups excluding carboxylic acids is 1. The standard InChI is InChI=1S/C17H17N5OS/c1-3-24-17-19-10-13(11-20-17)16-18-7-8-22(16)15-6-4-5-14(9-15)21-12(2)23/h4-11H,3H2,1-2H3,(H,21,23). The summed E-state index contributed by atoms with van der Waals surface area (Å²) in [5.74, 6) is 1.59. The first-order valence-electron chi connectivity index (χ1n) is 7.54. The third kappa shape index (κ3) is 3.62. The zero-order valence-corrected chi connectivity index (χ0v) is 14.2. The Morgan fingerprint density at radius 2 is 2.04 bits per heavy atom. The number of nitrogens with zero attached hydrogens (tertiary/aromatic N) is 4. The van der Waals surface area contributed by atoms with Gasteiger partial charge in [0.15, 0.2) is 5.16 Å². The van der Waals surface area contributed by atoms with E-state index in [0.717, 1.165) is 33.7 Å². The van der Waals surface area contributed by atoms with E-state index in [4.69, 9.17) is 0 Å². The van der Waals surface area contributed by atoms with Crippen LogP contribution in [0.2, 0.25) is 0 Å². The van der Waals surface area contributed by atoms with Crippen LogP contribution in [-0.2, 0) is 4.79 Å². The van der Waals surface area contributed by atoms with Gasteiger partial charge in [0.25, 0.3) is 0 Å². The molecule has 122 valence electrons. The van der Waals surface area contributed by atoms with Gasteiger partial charge in [0.1, 0.15) is 5.82 Å². The fourth-order valence-corrected chi connectivity index (χ4v) is 2.81. The number of hydrogen-bond acceptors (Lipinski definition) is 5. The molecule has 0 aliphatic heterocycles. The van der Waals surface area contributed by atoms with Gasteiger partial charge in [-0.2, -0.15) is 0 Å². The van der Waals surface area contributed by atoms with Gasteiger partial charge < -0.3 is 5.32 Å². The third-order valence-electron chi connectivity index (χ3n) is 3.25. The molecule has 0 bridgehead atoms. The van der Waals surface area contributed by atoms with Crippen LogP contribution in [0, 0.1) is 0 Å². The lowest BCUT2D eigenvalue weighted by molar-refractivity contribution is -0.114. The number of amides is 1. The van der Waals surface area contributed by atoms with Crippen LogP contribution in [0.3, 0.4) is 0 Å². The number of nitrogens with one attached hydrogen (secondary N) is 1. The normalized spacial score (nSPS) is 10.6. The van der Waals surface area contributed by atoms with Gasteiger partial charge in [-0.05, 0) is 24.0 Å². The highest BCUT2D eigenvalue weighted by Gasteiger charge is 2.10. The van der Waals surface area contributed by atoms with E-state index in [1.54, 1.807) is 30.4 Å². The third-order valence-corrected chi connectivity index (χ3v) is 4.00. The van der Waals surface area contributed by atoms with Crippen LogP contribution in [0.5, 0.6) is 0 Å². The number of carbonyl (C=O) groups is 1. The predicted octanol–water partition coefficient (Wildman–Crippen LogP) is 3.40. The minimum atomic E-state index is -0.101. The lowest BCUT2D eigenvalue weighted by Crippen LogP contribution is -2.06. The summed E-state index contributed by atoms with van der Waals surface area (Å²) >= 11 is 1.60. The number of aromatic nitrogens is 4. The Morgan fingerprint density at radius 3 is 2.75 bits per heavy atom. The number of rotatable bonds is 5. The van der Waals surface area contributed by atoms with Crippen LogP contribution in [0.25, 0.3) is 17.1 Å². The van der Waals surface area contributed by atoms with Crippen LogP contribution in [0.4, 0.5) is 5.69 Å². The Kier molecular flexibility index (Phi) is 4.90. The lowest BCUT2D eigenvalue weighted by atomic mass is 10.2. The number of hydrogen-bond donors (Lipinski definition) is 1. The monoisotopic (exact) mass is 339 g/mol. The van der Waals surface area contributed by atoms with Crippen LogP contribution < -0.4 is 5.32 Å². The number of imidazole rings is 1. The second-order valence-electron chi connectivity index (χ2n) is 5.04. The first kappa shape index (κ1) is 16.2. The molecule has 24 heavy (non-hydrogen) atoms. The molecule has 1 N–H and O–H groups in total. The summed E-state index contributed by atoms with van der Waals surface area (Å²) in [5, 5.41) is 3.54. The molecule has 7 heteroatoms. The summed E-state index contributed by atoms with van der Waals surface area (Å²) in [6.45, 7) is 3.55. The van der Waals surface area contributed by atoms with Gasteiger partial charge >= 0.3 is 0 Å². The van der Waals surface area contributed by atoms with Crippen LogP contribution in [-0.4, -0.2) is 31.2 Å². The van der Waals surface area contributed by atoms with Crippen molar-refractivity contribution in [2.24, 2.45) is 0 Å². The van der Waals surface area contributed by atoms with E-state index < -0.39 is 0 Å². The summed E-state index contributed by atoms with van der Waals surface area (Å²) in [4.78, 5) is 24.4. The first-order valence-corrected chi connectivity index (χ1v) is 8.52. The van der Waals surface area contributed by atoms with Crippen molar-refractivity contribution in [3.05, 3.63) is 49.1 Å². The molecular formula is C17H17N5OS. The summed E-state index contributed by atoms with van der Waals surface area (Å²) < 4.78 is 1.94. The van der Waals surface area contributed by atoms with Crippen molar-refractivity contribution in [3.8, 4) is 17.1 Å². The van der Waals surface area contributed by atoms with Gasteiger partial charge in [0.05, 0.1) is 5.56 Å². The Hall–Kier alpha value is -2.67. The van der Waals surface area contributed by atoms with E-state index in [9.17, 15) is 4.79 Å². The molecule has 0 aliphatic rings. The molecule has 0 saturated carbocycles. The van der Waals surface area contributed by atoms with Crippen molar-refractivity contribution in [3.63, 3.8) is 0 Å². The van der Waals surface area contributed by atoms with Gasteiger partial charge in [-0.3, -0.25) is 9.36 Å². The molecule has 0 saturated heterocycles. The number of thioether (sulfide) groups is 1. The van der Waals surface area contributed by atoms with Gasteiger partial charge in [-0.1, -0.05) is 24.8 Å². The molecule has 0 fully saturated rings. The van der Waals surface area contributed by atoms with Crippen LogP contribution in [0.15, 0.2) is 54.2 Å². The van der Waals surface area contributed by atoms with Crippen molar-refractivity contribution in [1.29, 1.82) is 0 Å². The second-order valence-corrected chi connectivity index (χ2v) is 6.27. The first-order chi connectivity index (χ1) is 11.7. The minimum Gasteiger partial charge on any atom is -0.326 e. The average Bonchev–Trinajstić information content (AvgIpc) is 3.05. The molecule has 1 aromatic carbocycles. The summed E-state index contributed by atoms with van der Waals surface area (Å²) in [7, 11) is 0. The zero-order chi connectivity index (χ0) is 16.9. The lowest BCUT2D eigenvalue weighted by Gasteiger charge is -2.10. The fourth-order valence-electron chi connectivity index (χ4n) is 2.30. The van der Waals surface area contributed by atoms with Gasteiger partial charge in [0.2, 0.25) is 5.91 Å². The maximum Gasteiger partial charge on any atom is 0.221 e. The molecule has 6 nitrogen and oxygen atoms in total. The second kappa shape index (κ2) is 7.27. The summed E-state index contributed by atoms with van der Waals surface area (Å²) in [6, 6.07) is 7.59. The van der Waals surface area contributed by atoms with E-state index >= 15 is 0 Å². The highest BCUT2D eigenvalue weighted by molar-refractivity contribution is 7.99. The largest absolute Gasteiger partial charge is 0.326 e. The van der Waals surface area contributed by atoms with Gasteiger partial charge in [-0.15, -0.1) is 0 Å². The molecule has 0 aliphatic carbocycles. The van der Waals surface area contributed by atoms with E-state index in [-0.39, 0.29) is 5.91 Å². The molecule has 2 heterocycles. The quantitative estimate of drug-likeness (QED) is 0.570. The fraction of sp³-hybridized carbons (Fsp3) is 0.176. The smallest absolute Gasteiger partial charge is 0.221 e. The van der Waals surface area contributed by atoms with Crippen molar-refractivity contribution < 1.29 is 4.79 Å². The Morgan fingerprint density at radius 1 is 1.25 bits per heavy atom. The number of benzene rings is 1. The molecule has 0 unspecified atom stereocenters.